The number of hydrogen-bond acceptors (Lipinski definition) is 4. The van der Waals surface area contributed by atoms with Crippen LogP contribution >= 0.6 is 90.4 Å². The molecule has 0 aliphatic carbocycles. The predicted octanol–water partition coefficient (Wildman–Crippen LogP) is 23.4. The van der Waals surface area contributed by atoms with E-state index >= 15 is 0 Å². The average Bonchev–Trinajstić information content (AvgIpc) is 0.767. The molecule has 2 N–H and O–H groups in total. The number of rotatable bonds is 10. The third kappa shape index (κ3) is 16.7. The minimum absolute atomic E-state index is 0.0453. The summed E-state index contributed by atoms with van der Waals surface area (Å²) in [6.07, 6.45) is -45.4. The molecule has 32 heteroatoms. The molecule has 0 radical (unpaired) electrons. The first-order chi connectivity index (χ1) is 41.6. The number of alkyl halides is 24. The molecule has 0 heterocycles. The first kappa shape index (κ1) is 70.8. The molecular formula is C59H26F24I4N2O2. The molecule has 0 aliphatic rings. The van der Waals surface area contributed by atoms with Crippen LogP contribution in [0.2, 0.25) is 0 Å². The molecule has 8 rings (SSSR count). The van der Waals surface area contributed by atoms with Crippen LogP contribution < -0.4 is 0 Å². The highest BCUT2D eigenvalue weighted by Crippen LogP contribution is 2.51. The van der Waals surface area contributed by atoms with Gasteiger partial charge in [0.2, 0.25) is 0 Å². The number of nitrogens with zero attached hydrogens (tertiary/aromatic N) is 2. The van der Waals surface area contributed by atoms with Gasteiger partial charge in [-0.05, 0) is 251 Å². The van der Waals surface area contributed by atoms with E-state index in [-0.39, 0.29) is 91.1 Å². The summed E-state index contributed by atoms with van der Waals surface area (Å²) in [7, 11) is 0. The first-order valence-corrected chi connectivity index (χ1v) is 28.8. The molecule has 480 valence electrons. The molecule has 4 nitrogen and oxygen atoms in total. The zero-order valence-corrected chi connectivity index (χ0v) is 52.4. The predicted molar refractivity (Wildman–Crippen MR) is 319 cm³/mol. The van der Waals surface area contributed by atoms with Crippen molar-refractivity contribution in [2.45, 2.75) is 55.8 Å². The molecule has 0 saturated heterocycles. The summed E-state index contributed by atoms with van der Waals surface area (Å²) in [5.41, 5.74) is -29.9. The lowest BCUT2D eigenvalue weighted by molar-refractivity contribution is -0.144. The molecule has 0 fully saturated rings. The van der Waals surface area contributed by atoms with Crippen molar-refractivity contribution in [3.8, 4) is 56.0 Å². The molecule has 0 aliphatic heterocycles. The standard InChI is InChI=1S/C59H26F24I4N2O2/c60-52(61,62)32-6-26(7-33(16-32)53(63,64)65)42-2-24(3-43(48(42)88-22-30-14-40(84)20-46(86)50(30)90)27-8-34(54(66,67)68)17-35(9-27)55(69,70)71)1-25-4-44(28-10-36(56(72,73)74)18-37(11-28)57(75,76)77)49(89-23-31-15-41(85)21-47(87)51(31)91)45(5-25)29-12-38(58(78,79)80)19-39(13-29)59(81,82)83/h2-23,90-91H,1H2. The van der Waals surface area contributed by atoms with Crippen molar-refractivity contribution in [1.82, 2.24) is 0 Å². The monoisotopic (exact) mass is 1760 g/mol. The number of phenols is 2. The second-order valence-corrected chi connectivity index (χ2v) is 24.4. The van der Waals surface area contributed by atoms with Crippen LogP contribution in [-0.4, -0.2) is 22.6 Å². The number of benzene rings is 8. The van der Waals surface area contributed by atoms with Crippen LogP contribution in [0.1, 0.15) is 66.8 Å². The molecule has 0 aromatic heterocycles. The van der Waals surface area contributed by atoms with Gasteiger partial charge in [0.05, 0.1) is 63.0 Å². The normalized spacial score (nSPS) is 13.3. The van der Waals surface area contributed by atoms with E-state index in [1.807, 2.05) is 0 Å². The lowest BCUT2D eigenvalue weighted by atomic mass is 9.86. The van der Waals surface area contributed by atoms with Crippen LogP contribution in [0, 0.1) is 14.3 Å². The summed E-state index contributed by atoms with van der Waals surface area (Å²) >= 11 is 6.64. The van der Waals surface area contributed by atoms with Gasteiger partial charge in [-0.15, -0.1) is 0 Å². The number of aliphatic imine (C=N–C) groups is 2. The fourth-order valence-electron chi connectivity index (χ4n) is 9.07. The fraction of sp³-hybridized carbons (Fsp3) is 0.153. The lowest BCUT2D eigenvalue weighted by Gasteiger charge is -2.21. The van der Waals surface area contributed by atoms with E-state index in [1.54, 1.807) is 90.4 Å². The second kappa shape index (κ2) is 25.3. The maximum atomic E-state index is 14.7. The molecule has 91 heavy (non-hydrogen) atoms. The van der Waals surface area contributed by atoms with Gasteiger partial charge >= 0.3 is 49.4 Å². The van der Waals surface area contributed by atoms with E-state index in [4.69, 9.17) is 0 Å². The van der Waals surface area contributed by atoms with Crippen LogP contribution in [-0.2, 0) is 55.8 Å². The van der Waals surface area contributed by atoms with Gasteiger partial charge in [0.15, 0.2) is 0 Å². The van der Waals surface area contributed by atoms with Crippen molar-refractivity contribution in [1.29, 1.82) is 0 Å². The smallest absolute Gasteiger partial charge is 0.416 e. The van der Waals surface area contributed by atoms with Gasteiger partial charge in [0, 0.05) is 53.0 Å². The van der Waals surface area contributed by atoms with Crippen LogP contribution in [0.25, 0.3) is 44.5 Å². The average molecular weight is 1760 g/mol. The van der Waals surface area contributed by atoms with E-state index in [0.717, 1.165) is 0 Å². The van der Waals surface area contributed by atoms with E-state index in [0.29, 0.717) is 43.8 Å². The number of hydrogen-bond donors (Lipinski definition) is 2. The molecule has 0 bridgehead atoms. The van der Waals surface area contributed by atoms with E-state index in [2.05, 4.69) is 9.98 Å². The zero-order chi connectivity index (χ0) is 67.8. The summed E-state index contributed by atoms with van der Waals surface area (Å²) in [4.78, 5) is 8.33. The Morgan fingerprint density at radius 2 is 0.484 bits per heavy atom. The molecular weight excluding hydrogens is 1730 g/mol. The summed E-state index contributed by atoms with van der Waals surface area (Å²) < 4.78 is 354. The van der Waals surface area contributed by atoms with Gasteiger partial charge in [-0.3, -0.25) is 9.98 Å². The first-order valence-electron chi connectivity index (χ1n) is 24.5. The van der Waals surface area contributed by atoms with Gasteiger partial charge in [-0.25, -0.2) is 0 Å². The van der Waals surface area contributed by atoms with Gasteiger partial charge in [-0.2, -0.15) is 105 Å². The van der Waals surface area contributed by atoms with Crippen LogP contribution in [0.15, 0.2) is 131 Å². The van der Waals surface area contributed by atoms with Gasteiger partial charge < -0.3 is 10.2 Å². The largest absolute Gasteiger partial charge is 0.506 e. The Morgan fingerprint density at radius 3 is 0.670 bits per heavy atom. The number of phenolic OH excluding ortho intramolecular Hbond substituents is 2. The zero-order valence-electron chi connectivity index (χ0n) is 43.8. The highest BCUT2D eigenvalue weighted by atomic mass is 127. The van der Waals surface area contributed by atoms with Crippen molar-refractivity contribution in [2.24, 2.45) is 9.98 Å². The molecule has 0 saturated carbocycles. The lowest BCUT2D eigenvalue weighted by Crippen LogP contribution is -2.11. The summed E-state index contributed by atoms with van der Waals surface area (Å²) in [5, 5.41) is 22.0. The molecule has 8 aromatic rings. The Bertz CT molecular complexity index is 3640. The Labute approximate surface area is 549 Å². The third-order valence-corrected chi connectivity index (χ3v) is 16.0. The Hall–Kier alpha value is -6.06. The minimum Gasteiger partial charge on any atom is -0.506 e. The maximum absolute atomic E-state index is 14.7. The van der Waals surface area contributed by atoms with Crippen molar-refractivity contribution < 1.29 is 116 Å². The van der Waals surface area contributed by atoms with Crippen molar-refractivity contribution in [2.75, 3.05) is 0 Å². The minimum atomic E-state index is -5.69. The number of halogens is 28. The molecule has 0 unspecified atom stereocenters. The molecule has 8 aromatic carbocycles. The van der Waals surface area contributed by atoms with E-state index in [1.165, 1.54) is 24.3 Å². The summed E-state index contributed by atoms with van der Waals surface area (Å²) in [6.45, 7) is 0. The number of aromatic hydroxyl groups is 2. The fourth-order valence-corrected chi connectivity index (χ4v) is 12.8. The van der Waals surface area contributed by atoms with E-state index < -0.39 is 179 Å². The quantitative estimate of drug-likeness (QED) is 0.0814. The van der Waals surface area contributed by atoms with Crippen LogP contribution in [0.3, 0.4) is 0 Å². The molecule has 0 atom stereocenters. The molecule has 0 amide bonds. The van der Waals surface area contributed by atoms with E-state index in [9.17, 15) is 116 Å². The summed E-state index contributed by atoms with van der Waals surface area (Å²) in [6, 6.07) is 6.46. The van der Waals surface area contributed by atoms with Crippen molar-refractivity contribution in [3.05, 3.63) is 202 Å². The Kier molecular flexibility index (Phi) is 19.7. The topological polar surface area (TPSA) is 65.2 Å². The van der Waals surface area contributed by atoms with Gasteiger partial charge in [0.1, 0.15) is 11.5 Å². The summed E-state index contributed by atoms with van der Waals surface area (Å²) in [5.74, 6) is -1.26. The van der Waals surface area contributed by atoms with Gasteiger partial charge in [-0.1, -0.05) is 0 Å². The van der Waals surface area contributed by atoms with Crippen LogP contribution in [0.4, 0.5) is 117 Å². The van der Waals surface area contributed by atoms with Gasteiger partial charge in [0.25, 0.3) is 0 Å². The SMILES string of the molecule is Oc1c(I)cc(I)cc1C=Nc1c(-c2cc(C(F)(F)F)cc(C(F)(F)F)c2)cc(Cc2cc(-c3cc(C(F)(F)F)cc(C(F)(F)F)c3)c(N=Cc3cc(I)cc(I)c3O)c(-c3cc(C(F)(F)F)cc(C(F)(F)F)c3)c2)cc1-c1cc(C(F)(F)F)cc(C(F)(F)F)c1. The molecule has 0 spiro atoms. The highest BCUT2D eigenvalue weighted by molar-refractivity contribution is 14.1. The van der Waals surface area contributed by atoms with Crippen molar-refractivity contribution >= 4 is 114 Å². The third-order valence-electron chi connectivity index (χ3n) is 13.1. The Morgan fingerprint density at radius 1 is 0.286 bits per heavy atom. The maximum Gasteiger partial charge on any atom is 0.416 e. The van der Waals surface area contributed by atoms with Crippen molar-refractivity contribution in [3.63, 3.8) is 0 Å². The highest BCUT2D eigenvalue weighted by Gasteiger charge is 2.42. The van der Waals surface area contributed by atoms with Crippen LogP contribution in [0.5, 0.6) is 11.5 Å². The Balaban J connectivity index is 1.61. The second-order valence-electron chi connectivity index (χ2n) is 19.6.